The van der Waals surface area contributed by atoms with Crippen molar-refractivity contribution >= 4 is 5.97 Å². The van der Waals surface area contributed by atoms with Crippen LogP contribution in [0.4, 0.5) is 0 Å². The second-order valence-electron chi connectivity index (χ2n) is 8.69. The van der Waals surface area contributed by atoms with Crippen LogP contribution in [0.15, 0.2) is 36.4 Å². The quantitative estimate of drug-likeness (QED) is 0.249. The predicted molar refractivity (Wildman–Crippen MR) is 123 cm³/mol. The van der Waals surface area contributed by atoms with E-state index in [1.165, 1.54) is 5.56 Å². The second kappa shape index (κ2) is 13.7. The summed E-state index contributed by atoms with van der Waals surface area (Å²) in [6, 6.07) is 8.12. The zero-order chi connectivity index (χ0) is 22.6. The zero-order valence-corrected chi connectivity index (χ0v) is 19.1. The van der Waals surface area contributed by atoms with Crippen LogP contribution in [0, 0.1) is 11.8 Å². The van der Waals surface area contributed by atoms with Crippen LogP contribution in [-0.2, 0) is 22.4 Å². The topological polar surface area (TPSA) is 87.0 Å². The number of carbonyl (C=O) groups is 1. The number of ether oxygens (including phenoxy) is 1. The van der Waals surface area contributed by atoms with E-state index in [0.29, 0.717) is 25.9 Å². The third-order valence-electron chi connectivity index (χ3n) is 6.28. The van der Waals surface area contributed by atoms with Gasteiger partial charge in [-0.1, -0.05) is 62.6 Å². The van der Waals surface area contributed by atoms with Gasteiger partial charge in [-0.05, 0) is 49.7 Å². The summed E-state index contributed by atoms with van der Waals surface area (Å²) in [5.74, 6) is -0.444. The molecule has 0 aliphatic heterocycles. The first-order chi connectivity index (χ1) is 15.0. The molecule has 1 aliphatic rings. The number of unbranched alkanes of at least 4 members (excludes halogenated alkanes) is 2. The van der Waals surface area contributed by atoms with Crippen molar-refractivity contribution in [2.75, 3.05) is 6.61 Å². The van der Waals surface area contributed by atoms with Crippen LogP contribution in [0.1, 0.15) is 69.9 Å². The van der Waals surface area contributed by atoms with Crippen molar-refractivity contribution in [1.29, 1.82) is 0 Å². The monoisotopic (exact) mass is 432 g/mol. The molecule has 1 aliphatic carbocycles. The highest BCUT2D eigenvalue weighted by Crippen LogP contribution is 2.37. The Morgan fingerprint density at radius 2 is 1.87 bits per heavy atom. The molecule has 5 nitrogen and oxygen atoms in total. The van der Waals surface area contributed by atoms with E-state index in [1.807, 2.05) is 25.1 Å². The van der Waals surface area contributed by atoms with Gasteiger partial charge in [0.1, 0.15) is 0 Å². The number of esters is 1. The minimum atomic E-state index is -0.602. The highest BCUT2D eigenvalue weighted by atomic mass is 16.5. The molecule has 5 heteroatoms. The highest BCUT2D eigenvalue weighted by Gasteiger charge is 2.40. The first kappa shape index (κ1) is 25.6. The molecule has 1 aromatic rings. The smallest absolute Gasteiger partial charge is 0.305 e. The minimum absolute atomic E-state index is 0.0969. The van der Waals surface area contributed by atoms with Crippen LogP contribution in [0.3, 0.4) is 0 Å². The Labute approximate surface area is 187 Å². The molecule has 3 N–H and O–H groups in total. The van der Waals surface area contributed by atoms with Crippen molar-refractivity contribution < 1.29 is 24.9 Å². The van der Waals surface area contributed by atoms with Gasteiger partial charge in [-0.15, -0.1) is 0 Å². The maximum absolute atomic E-state index is 11.6. The third-order valence-corrected chi connectivity index (χ3v) is 6.28. The molecule has 5 atom stereocenters. The van der Waals surface area contributed by atoms with Crippen LogP contribution in [0.5, 0.6) is 0 Å². The maximum atomic E-state index is 11.6. The number of aliphatic hydroxyl groups excluding tert-OH is 3. The lowest BCUT2D eigenvalue weighted by atomic mass is 9.85. The van der Waals surface area contributed by atoms with Crippen LogP contribution in [0.2, 0.25) is 0 Å². The normalized spacial score (nSPS) is 24.5. The standard InChI is InChI=1S/C26H40O5/c1-3-5-6-13-21(27)15-16-22-23(25(29)18-24(22)28)17-20-11-8-7-10-19(20)12-9-14-26(30)31-4-2/h7-8,10-11,15-16,21-25,27-29H,3-6,9,12-14,17-18H2,1-2H3/b16-15+/t21-,22+,23+,24+,25-/m0/s1. The third kappa shape index (κ3) is 8.40. The Balaban J connectivity index is 2.01. The van der Waals surface area contributed by atoms with Crippen molar-refractivity contribution in [3.05, 3.63) is 47.5 Å². The highest BCUT2D eigenvalue weighted by molar-refractivity contribution is 5.69. The average molecular weight is 433 g/mol. The summed E-state index contributed by atoms with van der Waals surface area (Å²) in [7, 11) is 0. The Hall–Kier alpha value is -1.69. The lowest BCUT2D eigenvalue weighted by Crippen LogP contribution is -2.23. The molecule has 0 unspecified atom stereocenters. The largest absolute Gasteiger partial charge is 0.466 e. The molecular weight excluding hydrogens is 392 g/mol. The van der Waals surface area contributed by atoms with Gasteiger partial charge in [0, 0.05) is 18.8 Å². The molecular formula is C26H40O5. The fraction of sp³-hybridized carbons (Fsp3) is 0.654. The first-order valence-electron chi connectivity index (χ1n) is 11.9. The molecule has 1 aromatic carbocycles. The van der Waals surface area contributed by atoms with Crippen LogP contribution < -0.4 is 0 Å². The van der Waals surface area contributed by atoms with E-state index in [1.54, 1.807) is 6.08 Å². The van der Waals surface area contributed by atoms with E-state index >= 15 is 0 Å². The molecule has 0 heterocycles. The predicted octanol–water partition coefficient (Wildman–Crippen LogP) is 3.97. The number of aryl methyl sites for hydroxylation is 1. The van der Waals surface area contributed by atoms with Gasteiger partial charge >= 0.3 is 5.97 Å². The van der Waals surface area contributed by atoms with Crippen molar-refractivity contribution in [2.45, 2.75) is 89.9 Å². The van der Waals surface area contributed by atoms with Gasteiger partial charge in [0.25, 0.3) is 0 Å². The average Bonchev–Trinajstić information content (AvgIpc) is 3.00. The molecule has 0 radical (unpaired) electrons. The second-order valence-corrected chi connectivity index (χ2v) is 8.69. The Morgan fingerprint density at radius 1 is 1.13 bits per heavy atom. The lowest BCUT2D eigenvalue weighted by molar-refractivity contribution is -0.143. The number of hydrogen-bond donors (Lipinski definition) is 3. The lowest BCUT2D eigenvalue weighted by Gasteiger charge is -2.22. The van der Waals surface area contributed by atoms with Crippen molar-refractivity contribution in [2.24, 2.45) is 11.8 Å². The van der Waals surface area contributed by atoms with E-state index in [9.17, 15) is 20.1 Å². The molecule has 2 rings (SSSR count). The first-order valence-corrected chi connectivity index (χ1v) is 11.9. The van der Waals surface area contributed by atoms with Crippen molar-refractivity contribution in [3.8, 4) is 0 Å². The fourth-order valence-electron chi connectivity index (χ4n) is 4.53. The summed E-state index contributed by atoms with van der Waals surface area (Å²) in [5, 5.41) is 31.3. The van der Waals surface area contributed by atoms with E-state index in [0.717, 1.165) is 44.1 Å². The van der Waals surface area contributed by atoms with Gasteiger partial charge in [-0.2, -0.15) is 0 Å². The summed E-state index contributed by atoms with van der Waals surface area (Å²) in [5.41, 5.74) is 2.31. The summed E-state index contributed by atoms with van der Waals surface area (Å²) < 4.78 is 5.01. The number of rotatable bonds is 13. The SMILES string of the molecule is CCCCC[C@H](O)/C=C/[C@@H]1[C@@H](Cc2ccccc2CCCC(=O)OCC)[C@@H](O)C[C@H]1O. The summed E-state index contributed by atoms with van der Waals surface area (Å²) >= 11 is 0. The van der Waals surface area contributed by atoms with Gasteiger partial charge in [0.05, 0.1) is 24.9 Å². The maximum Gasteiger partial charge on any atom is 0.305 e. The Bertz CT molecular complexity index is 686. The molecule has 0 saturated heterocycles. The van der Waals surface area contributed by atoms with E-state index < -0.39 is 18.3 Å². The molecule has 0 spiro atoms. The molecule has 0 aromatic heterocycles. The minimum Gasteiger partial charge on any atom is -0.466 e. The fourth-order valence-corrected chi connectivity index (χ4v) is 4.53. The molecule has 174 valence electrons. The van der Waals surface area contributed by atoms with E-state index in [2.05, 4.69) is 19.1 Å². The van der Waals surface area contributed by atoms with E-state index in [-0.39, 0.29) is 17.8 Å². The van der Waals surface area contributed by atoms with Gasteiger partial charge in [-0.25, -0.2) is 0 Å². The molecule has 0 amide bonds. The molecule has 1 fully saturated rings. The van der Waals surface area contributed by atoms with Crippen molar-refractivity contribution in [1.82, 2.24) is 0 Å². The molecule has 0 bridgehead atoms. The number of hydrogen-bond acceptors (Lipinski definition) is 5. The van der Waals surface area contributed by atoms with Gasteiger partial charge < -0.3 is 20.1 Å². The summed E-state index contributed by atoms with van der Waals surface area (Å²) in [6.45, 7) is 4.35. The number of carbonyl (C=O) groups excluding carboxylic acids is 1. The zero-order valence-electron chi connectivity index (χ0n) is 19.1. The molecule has 1 saturated carbocycles. The van der Waals surface area contributed by atoms with Gasteiger partial charge in [0.2, 0.25) is 0 Å². The van der Waals surface area contributed by atoms with Gasteiger partial charge in [0.15, 0.2) is 0 Å². The summed E-state index contributed by atoms with van der Waals surface area (Å²) in [4.78, 5) is 11.6. The van der Waals surface area contributed by atoms with E-state index in [4.69, 9.17) is 4.74 Å². The van der Waals surface area contributed by atoms with Crippen molar-refractivity contribution in [3.63, 3.8) is 0 Å². The van der Waals surface area contributed by atoms with Gasteiger partial charge in [-0.3, -0.25) is 4.79 Å². The van der Waals surface area contributed by atoms with Crippen LogP contribution in [-0.4, -0.2) is 46.2 Å². The number of benzene rings is 1. The Kier molecular flexibility index (Phi) is 11.3. The van der Waals surface area contributed by atoms with Crippen LogP contribution in [0.25, 0.3) is 0 Å². The number of aliphatic hydroxyl groups is 3. The summed E-state index contributed by atoms with van der Waals surface area (Å²) in [6.07, 6.45) is 8.86. The Morgan fingerprint density at radius 3 is 2.58 bits per heavy atom. The van der Waals surface area contributed by atoms with Crippen LogP contribution >= 0.6 is 0 Å². The molecule has 31 heavy (non-hydrogen) atoms.